The number of hydrogen-bond acceptors (Lipinski definition) is 9. The highest BCUT2D eigenvalue weighted by atomic mass is 35.5. The van der Waals surface area contributed by atoms with E-state index in [1.165, 1.54) is 0 Å². The molecule has 2 aromatic carbocycles. The molecule has 0 aliphatic carbocycles. The van der Waals surface area contributed by atoms with E-state index in [4.69, 9.17) is 22.2 Å². The number of ether oxygens (including phenoxy) is 2. The summed E-state index contributed by atoms with van der Waals surface area (Å²) in [5.41, 5.74) is -0.151. The summed E-state index contributed by atoms with van der Waals surface area (Å²) in [5, 5.41) is 3.18. The van der Waals surface area contributed by atoms with Crippen molar-refractivity contribution in [2.75, 3.05) is 13.0 Å². The molecular weight excluding hydrogens is 504 g/mol. The lowest BCUT2D eigenvalue weighted by Gasteiger charge is -2.15. The quantitative estimate of drug-likeness (QED) is 0.252. The summed E-state index contributed by atoms with van der Waals surface area (Å²) in [7, 11) is 1.06. The van der Waals surface area contributed by atoms with Crippen molar-refractivity contribution in [3.05, 3.63) is 90.1 Å². The normalized spacial score (nSPS) is 12.4. The Hall–Kier alpha value is -4.19. The van der Waals surface area contributed by atoms with E-state index in [0.29, 0.717) is 31.3 Å². The maximum Gasteiger partial charge on any atom is 0.353 e. The van der Waals surface area contributed by atoms with Crippen molar-refractivity contribution in [3.8, 4) is 5.75 Å². The second-order valence-corrected chi connectivity index (χ2v) is 8.87. The van der Waals surface area contributed by atoms with Crippen molar-refractivity contribution in [1.82, 2.24) is 13.8 Å². The van der Waals surface area contributed by atoms with Gasteiger partial charge in [0.2, 0.25) is 11.7 Å². The molecule has 1 heterocycles. The fraction of sp³-hybridized carbons (Fsp3) is 0.333. The molecule has 13 heteroatoms. The fourth-order valence-corrected chi connectivity index (χ4v) is 3.63. The number of benzene rings is 2. The Balaban J connectivity index is 2.24. The minimum Gasteiger partial charge on any atom is -0.491 e. The molecule has 0 fully saturated rings. The van der Waals surface area contributed by atoms with Crippen LogP contribution < -0.4 is 27.6 Å². The van der Waals surface area contributed by atoms with Gasteiger partial charge in [-0.05, 0) is 62.2 Å². The van der Waals surface area contributed by atoms with Crippen LogP contribution in [0.3, 0.4) is 0 Å². The number of nitrogen functional groups attached to an aromatic ring is 1. The van der Waals surface area contributed by atoms with Crippen LogP contribution in [-0.4, -0.2) is 39.0 Å². The van der Waals surface area contributed by atoms with Gasteiger partial charge in [-0.25, -0.2) is 23.9 Å². The molecule has 0 radical (unpaired) electrons. The molecule has 0 amide bonds. The van der Waals surface area contributed by atoms with Gasteiger partial charge in [0, 0.05) is 5.02 Å². The molecule has 1 atom stereocenters. The number of carbonyl (C=O) groups excluding carboxylic acids is 1. The summed E-state index contributed by atoms with van der Waals surface area (Å²) in [4.78, 5) is 54.1. The molecule has 12 nitrogen and oxygen atoms in total. The van der Waals surface area contributed by atoms with Gasteiger partial charge in [0.25, 0.3) is 0 Å². The van der Waals surface area contributed by atoms with Crippen LogP contribution in [0.15, 0.2) is 62.2 Å². The van der Waals surface area contributed by atoms with Crippen LogP contribution in [0.5, 0.6) is 5.75 Å². The van der Waals surface area contributed by atoms with Crippen LogP contribution in [0.25, 0.3) is 0 Å². The van der Waals surface area contributed by atoms with Crippen molar-refractivity contribution in [3.63, 3.8) is 0 Å². The number of nitrogens with two attached hydrogens (primary N) is 1. The Morgan fingerprint density at radius 1 is 1.08 bits per heavy atom. The number of carbonyl (C=O) groups is 1. The average Bonchev–Trinajstić information content (AvgIpc) is 2.87. The van der Waals surface area contributed by atoms with E-state index in [-0.39, 0.29) is 18.3 Å². The first kappa shape index (κ1) is 27.4. The van der Waals surface area contributed by atoms with E-state index in [9.17, 15) is 19.3 Å². The highest BCUT2D eigenvalue weighted by Crippen LogP contribution is 2.24. The Morgan fingerprint density at radius 3 is 2.32 bits per heavy atom. The molecule has 196 valence electrons. The van der Waals surface area contributed by atoms with Crippen molar-refractivity contribution >= 4 is 23.3 Å². The predicted octanol–water partition coefficient (Wildman–Crippen LogP) is 1.86. The minimum absolute atomic E-state index is 0.0282. The third-order valence-corrected chi connectivity index (χ3v) is 5.57. The topological polar surface area (TPSA) is 152 Å². The number of esters is 1. The SMILES string of the molecule is COC(=O)[C@H](Cn1c(=O)n(N)c(=Nc2ccc(OC(C)C)c(C)c2)n(Cc2ccc(Cl)cc2)c1=O)N=O. The van der Waals surface area contributed by atoms with Crippen molar-refractivity contribution in [1.29, 1.82) is 0 Å². The Morgan fingerprint density at radius 2 is 1.76 bits per heavy atom. The van der Waals surface area contributed by atoms with Crippen LogP contribution in [0.2, 0.25) is 5.02 Å². The lowest BCUT2D eigenvalue weighted by Crippen LogP contribution is -2.58. The molecule has 1 aromatic heterocycles. The number of aromatic nitrogens is 3. The van der Waals surface area contributed by atoms with Crippen molar-refractivity contribution < 1.29 is 14.3 Å². The number of rotatable bonds is 9. The van der Waals surface area contributed by atoms with Crippen molar-refractivity contribution in [2.45, 2.75) is 46.0 Å². The van der Waals surface area contributed by atoms with Gasteiger partial charge in [-0.2, -0.15) is 4.68 Å². The summed E-state index contributed by atoms with van der Waals surface area (Å²) in [6.07, 6.45) is -0.0282. The lowest BCUT2D eigenvalue weighted by molar-refractivity contribution is -0.142. The van der Waals surface area contributed by atoms with Crippen LogP contribution in [-0.2, 0) is 22.6 Å². The van der Waals surface area contributed by atoms with E-state index >= 15 is 0 Å². The smallest absolute Gasteiger partial charge is 0.353 e. The summed E-state index contributed by atoms with van der Waals surface area (Å²) in [6.45, 7) is 4.95. The zero-order valence-corrected chi connectivity index (χ0v) is 21.5. The largest absolute Gasteiger partial charge is 0.491 e. The molecule has 3 rings (SSSR count). The maximum atomic E-state index is 13.5. The minimum atomic E-state index is -1.63. The number of hydrogen-bond donors (Lipinski definition) is 1. The van der Waals surface area contributed by atoms with Crippen LogP contribution in [0.4, 0.5) is 5.69 Å². The Labute approximate surface area is 216 Å². The third-order valence-electron chi connectivity index (χ3n) is 5.32. The third kappa shape index (κ3) is 6.33. The lowest BCUT2D eigenvalue weighted by atomic mass is 10.2. The maximum absolute atomic E-state index is 13.5. The van der Waals surface area contributed by atoms with Gasteiger partial charge in [-0.15, -0.1) is 4.91 Å². The van der Waals surface area contributed by atoms with Gasteiger partial charge in [0.15, 0.2) is 0 Å². The second kappa shape index (κ2) is 11.7. The standard InChI is InChI=1S/C24H27ClN6O6/c1-14(2)37-20-10-9-18(11-15(20)3)27-22-29(12-16-5-7-17(25)8-6-16)23(33)30(24(34)31(22)26)13-19(28-35)21(32)36-4/h5-11,14,19H,12-13,26H2,1-4H3/t19-/m0/s1. The molecule has 2 N–H and O–H groups in total. The Bertz CT molecular complexity index is 1490. The van der Waals surface area contributed by atoms with Gasteiger partial charge in [0.1, 0.15) is 5.75 Å². The monoisotopic (exact) mass is 530 g/mol. The zero-order chi connectivity index (χ0) is 27.3. The van der Waals surface area contributed by atoms with Gasteiger partial charge in [0.05, 0.1) is 32.0 Å². The predicted molar refractivity (Wildman–Crippen MR) is 137 cm³/mol. The number of nitroso groups, excluding NO2 is 1. The molecular formula is C24H27ClN6O6. The zero-order valence-electron chi connectivity index (χ0n) is 20.8. The van der Waals surface area contributed by atoms with E-state index in [1.807, 2.05) is 20.8 Å². The van der Waals surface area contributed by atoms with E-state index in [1.54, 1.807) is 42.5 Å². The van der Waals surface area contributed by atoms with Gasteiger partial charge in [-0.1, -0.05) is 28.9 Å². The summed E-state index contributed by atoms with van der Waals surface area (Å²) in [5.74, 6) is 5.76. The average molecular weight is 531 g/mol. The number of halogens is 1. The van der Waals surface area contributed by atoms with Crippen LogP contribution in [0, 0.1) is 11.8 Å². The first-order valence-electron chi connectivity index (χ1n) is 11.2. The van der Waals surface area contributed by atoms with E-state index in [2.05, 4.69) is 14.9 Å². The number of nitrogens with zero attached hydrogens (tertiary/aromatic N) is 5. The van der Waals surface area contributed by atoms with E-state index in [0.717, 1.165) is 17.2 Å². The number of methoxy groups -OCH3 is 1. The molecule has 0 aliphatic heterocycles. The molecule has 0 saturated carbocycles. The van der Waals surface area contributed by atoms with Gasteiger partial charge < -0.3 is 15.3 Å². The highest BCUT2D eigenvalue weighted by molar-refractivity contribution is 6.30. The molecule has 37 heavy (non-hydrogen) atoms. The molecule has 0 saturated heterocycles. The number of aryl methyl sites for hydroxylation is 1. The second-order valence-electron chi connectivity index (χ2n) is 8.43. The van der Waals surface area contributed by atoms with E-state index < -0.39 is 29.9 Å². The first-order valence-corrected chi connectivity index (χ1v) is 11.6. The van der Waals surface area contributed by atoms with Crippen LogP contribution in [0.1, 0.15) is 25.0 Å². The summed E-state index contributed by atoms with van der Waals surface area (Å²) in [6, 6.07) is 10.2. The highest BCUT2D eigenvalue weighted by Gasteiger charge is 2.24. The fourth-order valence-electron chi connectivity index (χ4n) is 3.50. The molecule has 3 aromatic rings. The van der Waals surface area contributed by atoms with Gasteiger partial charge in [-0.3, -0.25) is 4.57 Å². The van der Waals surface area contributed by atoms with Gasteiger partial charge >= 0.3 is 17.3 Å². The molecule has 0 spiro atoms. The summed E-state index contributed by atoms with van der Waals surface area (Å²) >= 11 is 5.98. The first-order chi connectivity index (χ1) is 17.5. The van der Waals surface area contributed by atoms with Crippen LogP contribution >= 0.6 is 11.6 Å². The summed E-state index contributed by atoms with van der Waals surface area (Å²) < 4.78 is 12.8. The molecule has 0 bridgehead atoms. The van der Waals surface area contributed by atoms with Crippen molar-refractivity contribution in [2.24, 2.45) is 10.2 Å². The molecule has 0 unspecified atom stereocenters. The molecule has 0 aliphatic rings. The Kier molecular flexibility index (Phi) is 8.66.